The quantitative estimate of drug-likeness (QED) is 0.679. The molecule has 1 amide bonds. The Balaban J connectivity index is 2.82. The Kier molecular flexibility index (Phi) is 6.12. The van der Waals surface area contributed by atoms with Crippen molar-refractivity contribution < 1.29 is 13.2 Å². The second-order valence-corrected chi connectivity index (χ2v) is 6.31. The first-order chi connectivity index (χ1) is 9.40. The molecule has 0 bridgehead atoms. The van der Waals surface area contributed by atoms with Crippen LogP contribution in [0.4, 0.5) is 0 Å². The van der Waals surface area contributed by atoms with Crippen LogP contribution >= 0.6 is 0 Å². The first kappa shape index (κ1) is 16.6. The molecule has 0 spiro atoms. The molecule has 0 aliphatic carbocycles. The van der Waals surface area contributed by atoms with E-state index in [1.54, 1.807) is 25.2 Å². The standard InChI is InChI=1S/C13H21N3O3S/c1-10(16-13(17)7-8-14-2)11-5-4-6-12(9-11)20(18,19)15-3/h4-6,9-10,14-15H,7-8H2,1-3H3,(H,16,17). The van der Waals surface area contributed by atoms with Gasteiger partial charge in [0.15, 0.2) is 0 Å². The van der Waals surface area contributed by atoms with Crippen LogP contribution in [0, 0.1) is 0 Å². The minimum absolute atomic E-state index is 0.0753. The lowest BCUT2D eigenvalue weighted by Crippen LogP contribution is -2.29. The maximum Gasteiger partial charge on any atom is 0.240 e. The molecule has 1 atom stereocenters. The highest BCUT2D eigenvalue weighted by Gasteiger charge is 2.14. The summed E-state index contributed by atoms with van der Waals surface area (Å²) in [5, 5.41) is 5.73. The smallest absolute Gasteiger partial charge is 0.240 e. The van der Waals surface area contributed by atoms with Gasteiger partial charge in [0.2, 0.25) is 15.9 Å². The molecule has 0 saturated heterocycles. The van der Waals surface area contributed by atoms with Gasteiger partial charge < -0.3 is 10.6 Å². The van der Waals surface area contributed by atoms with Crippen LogP contribution in [0.15, 0.2) is 29.2 Å². The molecule has 1 unspecified atom stereocenters. The van der Waals surface area contributed by atoms with Crippen molar-refractivity contribution in [3.63, 3.8) is 0 Å². The fourth-order valence-corrected chi connectivity index (χ4v) is 2.49. The van der Waals surface area contributed by atoms with Crippen LogP contribution in [0.3, 0.4) is 0 Å². The van der Waals surface area contributed by atoms with Crippen molar-refractivity contribution in [3.05, 3.63) is 29.8 Å². The van der Waals surface area contributed by atoms with Gasteiger partial charge in [-0.15, -0.1) is 0 Å². The van der Waals surface area contributed by atoms with E-state index in [0.29, 0.717) is 13.0 Å². The molecule has 0 fully saturated rings. The van der Waals surface area contributed by atoms with E-state index in [1.165, 1.54) is 13.1 Å². The summed E-state index contributed by atoms with van der Waals surface area (Å²) in [7, 11) is -0.323. The number of benzene rings is 1. The fourth-order valence-electron chi connectivity index (χ4n) is 1.70. The average molecular weight is 299 g/mol. The van der Waals surface area contributed by atoms with Crippen LogP contribution < -0.4 is 15.4 Å². The second-order valence-electron chi connectivity index (χ2n) is 4.42. The summed E-state index contributed by atoms with van der Waals surface area (Å²) in [5.41, 5.74) is 0.749. The Morgan fingerprint density at radius 2 is 2.00 bits per heavy atom. The molecule has 112 valence electrons. The normalized spacial score (nSPS) is 12.9. The fraction of sp³-hybridized carbons (Fsp3) is 0.462. The van der Waals surface area contributed by atoms with Crippen LogP contribution in [0.5, 0.6) is 0 Å². The molecule has 0 saturated carbocycles. The van der Waals surface area contributed by atoms with Gasteiger partial charge >= 0.3 is 0 Å². The maximum absolute atomic E-state index is 11.7. The van der Waals surface area contributed by atoms with E-state index in [0.717, 1.165) is 5.56 Å². The number of carbonyl (C=O) groups excluding carboxylic acids is 1. The summed E-state index contributed by atoms with van der Waals surface area (Å²) >= 11 is 0. The summed E-state index contributed by atoms with van der Waals surface area (Å²) in [6, 6.07) is 6.29. The molecular weight excluding hydrogens is 278 g/mol. The van der Waals surface area contributed by atoms with E-state index in [1.807, 2.05) is 6.92 Å². The van der Waals surface area contributed by atoms with Crippen LogP contribution in [-0.4, -0.2) is 35.0 Å². The largest absolute Gasteiger partial charge is 0.350 e. The number of carbonyl (C=O) groups is 1. The predicted molar refractivity (Wildman–Crippen MR) is 77.8 cm³/mol. The number of nitrogens with one attached hydrogen (secondary N) is 3. The van der Waals surface area contributed by atoms with E-state index in [4.69, 9.17) is 0 Å². The zero-order valence-electron chi connectivity index (χ0n) is 11.9. The molecule has 0 radical (unpaired) electrons. The van der Waals surface area contributed by atoms with Crippen molar-refractivity contribution >= 4 is 15.9 Å². The Bertz CT molecular complexity index is 558. The van der Waals surface area contributed by atoms with Gasteiger partial charge in [0.1, 0.15) is 0 Å². The number of sulfonamides is 1. The van der Waals surface area contributed by atoms with Crippen LogP contribution in [0.2, 0.25) is 0 Å². The zero-order chi connectivity index (χ0) is 15.2. The Hall–Kier alpha value is -1.44. The van der Waals surface area contributed by atoms with Crippen LogP contribution in [0.25, 0.3) is 0 Å². The third-order valence-corrected chi connectivity index (χ3v) is 4.33. The van der Waals surface area contributed by atoms with Gasteiger partial charge in [-0.25, -0.2) is 13.1 Å². The molecule has 0 heterocycles. The molecule has 1 aromatic carbocycles. The first-order valence-electron chi connectivity index (χ1n) is 6.38. The van der Waals surface area contributed by atoms with Gasteiger partial charge in [0.25, 0.3) is 0 Å². The monoisotopic (exact) mass is 299 g/mol. The van der Waals surface area contributed by atoms with Crippen molar-refractivity contribution in [1.82, 2.24) is 15.4 Å². The molecular formula is C13H21N3O3S. The predicted octanol–water partition coefficient (Wildman–Crippen LogP) is 0.381. The van der Waals surface area contributed by atoms with Gasteiger partial charge in [0, 0.05) is 13.0 Å². The van der Waals surface area contributed by atoms with E-state index in [-0.39, 0.29) is 16.8 Å². The number of hydrogen-bond acceptors (Lipinski definition) is 4. The van der Waals surface area contributed by atoms with Gasteiger partial charge in [0.05, 0.1) is 10.9 Å². The lowest BCUT2D eigenvalue weighted by atomic mass is 10.1. The SMILES string of the molecule is CNCCC(=O)NC(C)c1cccc(S(=O)(=O)NC)c1. The average Bonchev–Trinajstić information content (AvgIpc) is 2.45. The third-order valence-electron chi connectivity index (χ3n) is 2.92. The molecule has 6 nitrogen and oxygen atoms in total. The molecule has 0 aliphatic heterocycles. The van der Waals surface area contributed by atoms with E-state index in [2.05, 4.69) is 15.4 Å². The van der Waals surface area contributed by atoms with Crippen LogP contribution in [-0.2, 0) is 14.8 Å². The molecule has 1 rings (SSSR count). The van der Waals surface area contributed by atoms with Crippen molar-refractivity contribution in [3.8, 4) is 0 Å². The summed E-state index contributed by atoms with van der Waals surface area (Å²) in [6.45, 7) is 2.43. The van der Waals surface area contributed by atoms with Gasteiger partial charge in [-0.3, -0.25) is 4.79 Å². The Morgan fingerprint density at radius 3 is 2.60 bits per heavy atom. The second kappa shape index (κ2) is 7.37. The zero-order valence-corrected chi connectivity index (χ0v) is 12.8. The highest BCUT2D eigenvalue weighted by atomic mass is 32.2. The maximum atomic E-state index is 11.7. The number of rotatable bonds is 7. The first-order valence-corrected chi connectivity index (χ1v) is 7.86. The number of hydrogen-bond donors (Lipinski definition) is 3. The molecule has 3 N–H and O–H groups in total. The molecule has 20 heavy (non-hydrogen) atoms. The van der Waals surface area contributed by atoms with Crippen LogP contribution in [0.1, 0.15) is 24.9 Å². The highest BCUT2D eigenvalue weighted by molar-refractivity contribution is 7.89. The number of amides is 1. The topological polar surface area (TPSA) is 87.3 Å². The molecule has 1 aromatic rings. The van der Waals surface area contributed by atoms with Crippen molar-refractivity contribution in [2.75, 3.05) is 20.6 Å². The molecule has 7 heteroatoms. The van der Waals surface area contributed by atoms with Crippen molar-refractivity contribution in [2.45, 2.75) is 24.3 Å². The lowest BCUT2D eigenvalue weighted by molar-refractivity contribution is -0.121. The van der Waals surface area contributed by atoms with Crippen molar-refractivity contribution in [2.24, 2.45) is 0 Å². The third kappa shape index (κ3) is 4.59. The molecule has 0 aliphatic rings. The summed E-state index contributed by atoms with van der Waals surface area (Å²) in [5.74, 6) is -0.0753. The Labute approximate surface area is 120 Å². The Morgan fingerprint density at radius 1 is 1.30 bits per heavy atom. The lowest BCUT2D eigenvalue weighted by Gasteiger charge is -2.15. The highest BCUT2D eigenvalue weighted by Crippen LogP contribution is 2.17. The molecule has 0 aromatic heterocycles. The van der Waals surface area contributed by atoms with E-state index >= 15 is 0 Å². The van der Waals surface area contributed by atoms with Crippen molar-refractivity contribution in [1.29, 1.82) is 0 Å². The van der Waals surface area contributed by atoms with E-state index < -0.39 is 10.0 Å². The van der Waals surface area contributed by atoms with E-state index in [9.17, 15) is 13.2 Å². The van der Waals surface area contributed by atoms with Gasteiger partial charge in [-0.05, 0) is 38.7 Å². The van der Waals surface area contributed by atoms with Gasteiger partial charge in [-0.1, -0.05) is 12.1 Å². The minimum Gasteiger partial charge on any atom is -0.350 e. The van der Waals surface area contributed by atoms with Gasteiger partial charge in [-0.2, -0.15) is 0 Å². The summed E-state index contributed by atoms with van der Waals surface area (Å²) in [6.07, 6.45) is 0.384. The summed E-state index contributed by atoms with van der Waals surface area (Å²) < 4.78 is 25.7. The summed E-state index contributed by atoms with van der Waals surface area (Å²) in [4.78, 5) is 11.8. The minimum atomic E-state index is -3.47.